The predicted octanol–water partition coefficient (Wildman–Crippen LogP) is 4.18. The van der Waals surface area contributed by atoms with E-state index in [1.54, 1.807) is 27.4 Å². The number of benzene rings is 1. The first kappa shape index (κ1) is 18.8. The Morgan fingerprint density at radius 1 is 1.38 bits per heavy atom. The highest BCUT2D eigenvalue weighted by atomic mass is 32.2. The molecule has 0 spiro atoms. The van der Waals surface area contributed by atoms with Crippen LogP contribution in [-0.4, -0.2) is 47.6 Å². The van der Waals surface area contributed by atoms with Crippen molar-refractivity contribution >= 4 is 35.1 Å². The molecule has 2 heterocycles. The Kier molecular flexibility index (Phi) is 5.60. The Balaban J connectivity index is 2.10. The topological polar surface area (TPSA) is 53.0 Å². The SMILES string of the molecule is CCOc1cc(C=C2SCN(N(C)C)C2=O)c(-c2sccc2C)cc1O. The zero-order valence-corrected chi connectivity index (χ0v) is 16.9. The summed E-state index contributed by atoms with van der Waals surface area (Å²) in [6.07, 6.45) is 1.90. The van der Waals surface area contributed by atoms with Gasteiger partial charge in [-0.2, -0.15) is 0 Å². The number of hydrazine groups is 1. The molecule has 2 aromatic rings. The number of phenolic OH excluding ortho intramolecular Hbond substituents is 1. The molecule has 0 unspecified atom stereocenters. The standard InChI is InChI=1S/C19H22N2O3S2/c1-5-24-16-8-13(9-17-19(23)21(11-26-17)20(3)4)14(10-15(16)22)18-12(2)6-7-25-18/h6-10,22H,5,11H2,1-4H3. The first-order valence-corrected chi connectivity index (χ1v) is 10.2. The molecule has 26 heavy (non-hydrogen) atoms. The molecular weight excluding hydrogens is 368 g/mol. The highest BCUT2D eigenvalue weighted by Crippen LogP contribution is 2.41. The van der Waals surface area contributed by atoms with Crippen LogP contribution in [0.5, 0.6) is 11.5 Å². The van der Waals surface area contributed by atoms with Gasteiger partial charge in [-0.3, -0.25) is 9.80 Å². The van der Waals surface area contributed by atoms with Crippen molar-refractivity contribution in [1.29, 1.82) is 0 Å². The molecule has 3 rings (SSSR count). The molecule has 1 amide bonds. The molecule has 0 aliphatic carbocycles. The minimum atomic E-state index is -0.0140. The van der Waals surface area contributed by atoms with Crippen LogP contribution in [0, 0.1) is 6.92 Å². The highest BCUT2D eigenvalue weighted by molar-refractivity contribution is 8.04. The number of thioether (sulfide) groups is 1. The Hall–Kier alpha value is -1.96. The van der Waals surface area contributed by atoms with Gasteiger partial charge in [0.25, 0.3) is 5.91 Å². The van der Waals surface area contributed by atoms with Gasteiger partial charge in [0.05, 0.1) is 17.4 Å². The van der Waals surface area contributed by atoms with E-state index >= 15 is 0 Å². The van der Waals surface area contributed by atoms with Gasteiger partial charge in [-0.1, -0.05) is 11.8 Å². The van der Waals surface area contributed by atoms with Gasteiger partial charge in [0.2, 0.25) is 0 Å². The van der Waals surface area contributed by atoms with E-state index in [4.69, 9.17) is 4.74 Å². The number of aromatic hydroxyl groups is 1. The fourth-order valence-corrected chi connectivity index (χ4v) is 4.75. The van der Waals surface area contributed by atoms with Crippen LogP contribution in [0.15, 0.2) is 28.5 Å². The van der Waals surface area contributed by atoms with Gasteiger partial charge in [-0.25, -0.2) is 5.01 Å². The van der Waals surface area contributed by atoms with Crippen LogP contribution < -0.4 is 4.74 Å². The van der Waals surface area contributed by atoms with E-state index in [1.807, 2.05) is 51.5 Å². The zero-order valence-electron chi connectivity index (χ0n) is 15.3. The second-order valence-electron chi connectivity index (χ2n) is 6.11. The lowest BCUT2D eigenvalue weighted by Gasteiger charge is -2.21. The molecule has 1 N–H and O–H groups in total. The van der Waals surface area contributed by atoms with Crippen LogP contribution in [0.3, 0.4) is 0 Å². The Labute approximate surface area is 161 Å². The fraction of sp³-hybridized carbons (Fsp3) is 0.316. The summed E-state index contributed by atoms with van der Waals surface area (Å²) in [5.74, 6) is 1.12. The van der Waals surface area contributed by atoms with Crippen molar-refractivity contribution in [1.82, 2.24) is 10.0 Å². The summed E-state index contributed by atoms with van der Waals surface area (Å²) in [5, 5.41) is 15.8. The molecule has 1 saturated heterocycles. The summed E-state index contributed by atoms with van der Waals surface area (Å²) >= 11 is 3.13. The molecule has 138 valence electrons. The minimum Gasteiger partial charge on any atom is -0.504 e. The van der Waals surface area contributed by atoms with Gasteiger partial charge >= 0.3 is 0 Å². The van der Waals surface area contributed by atoms with Crippen LogP contribution >= 0.6 is 23.1 Å². The Morgan fingerprint density at radius 2 is 2.15 bits per heavy atom. The van der Waals surface area contributed by atoms with Crippen LogP contribution in [-0.2, 0) is 4.79 Å². The lowest BCUT2D eigenvalue weighted by atomic mass is 10.0. The maximum Gasteiger partial charge on any atom is 0.275 e. The molecule has 1 aromatic carbocycles. The molecule has 0 atom stereocenters. The highest BCUT2D eigenvalue weighted by Gasteiger charge is 2.28. The molecule has 1 aromatic heterocycles. The Bertz CT molecular complexity index is 858. The molecule has 1 aliphatic heterocycles. The van der Waals surface area contributed by atoms with E-state index in [2.05, 4.69) is 0 Å². The maximum absolute atomic E-state index is 12.6. The normalized spacial score (nSPS) is 16.1. The summed E-state index contributed by atoms with van der Waals surface area (Å²) < 4.78 is 5.54. The number of nitrogens with zero attached hydrogens (tertiary/aromatic N) is 2. The fourth-order valence-electron chi connectivity index (χ4n) is 2.74. The smallest absolute Gasteiger partial charge is 0.275 e. The van der Waals surface area contributed by atoms with Crippen molar-refractivity contribution in [3.63, 3.8) is 0 Å². The number of ether oxygens (including phenoxy) is 1. The molecule has 7 heteroatoms. The maximum atomic E-state index is 12.6. The summed E-state index contributed by atoms with van der Waals surface area (Å²) in [4.78, 5) is 14.4. The van der Waals surface area contributed by atoms with Gasteiger partial charge in [-0.15, -0.1) is 11.3 Å². The number of hydrogen-bond donors (Lipinski definition) is 1. The summed E-state index contributed by atoms with van der Waals surface area (Å²) in [5.41, 5.74) is 2.91. The van der Waals surface area contributed by atoms with E-state index in [1.165, 1.54) is 11.8 Å². The number of thiophene rings is 1. The molecular formula is C19H22N2O3S2. The third-order valence-corrected chi connectivity index (χ3v) is 6.12. The van der Waals surface area contributed by atoms with Crippen LogP contribution in [0.1, 0.15) is 18.1 Å². The van der Waals surface area contributed by atoms with E-state index in [9.17, 15) is 9.90 Å². The molecule has 1 fully saturated rings. The predicted molar refractivity (Wildman–Crippen MR) is 108 cm³/mol. The van der Waals surface area contributed by atoms with Crippen molar-refractivity contribution < 1.29 is 14.6 Å². The van der Waals surface area contributed by atoms with Gasteiger partial charge in [0, 0.05) is 24.5 Å². The van der Waals surface area contributed by atoms with Crippen molar-refractivity contribution in [2.45, 2.75) is 13.8 Å². The van der Waals surface area contributed by atoms with Crippen molar-refractivity contribution in [3.05, 3.63) is 39.6 Å². The Morgan fingerprint density at radius 3 is 2.73 bits per heavy atom. The second-order valence-corrected chi connectivity index (χ2v) is 8.01. The number of hydrogen-bond acceptors (Lipinski definition) is 6. The number of carbonyl (C=O) groups excluding carboxylic acids is 1. The number of rotatable bonds is 5. The number of amides is 1. The monoisotopic (exact) mass is 390 g/mol. The minimum absolute atomic E-state index is 0.0140. The van der Waals surface area contributed by atoms with Gasteiger partial charge in [-0.05, 0) is 54.6 Å². The van der Waals surface area contributed by atoms with E-state index < -0.39 is 0 Å². The van der Waals surface area contributed by atoms with Gasteiger partial charge in [0.15, 0.2) is 11.5 Å². The lowest BCUT2D eigenvalue weighted by molar-refractivity contribution is -0.136. The molecule has 0 saturated carbocycles. The van der Waals surface area contributed by atoms with E-state index in [-0.39, 0.29) is 11.7 Å². The summed E-state index contributed by atoms with van der Waals surface area (Å²) in [6, 6.07) is 5.59. The zero-order chi connectivity index (χ0) is 18.8. The van der Waals surface area contributed by atoms with E-state index in [0.717, 1.165) is 21.6 Å². The lowest BCUT2D eigenvalue weighted by Crippen LogP contribution is -2.37. The van der Waals surface area contributed by atoms with Crippen LogP contribution in [0.4, 0.5) is 0 Å². The molecule has 0 bridgehead atoms. The largest absolute Gasteiger partial charge is 0.504 e. The van der Waals surface area contributed by atoms with Crippen LogP contribution in [0.2, 0.25) is 0 Å². The van der Waals surface area contributed by atoms with E-state index in [0.29, 0.717) is 23.1 Å². The first-order chi connectivity index (χ1) is 12.4. The average molecular weight is 391 g/mol. The second kappa shape index (κ2) is 7.73. The molecule has 5 nitrogen and oxygen atoms in total. The average Bonchev–Trinajstić information content (AvgIpc) is 3.17. The summed E-state index contributed by atoms with van der Waals surface area (Å²) in [7, 11) is 3.71. The quantitative estimate of drug-likeness (QED) is 0.776. The third kappa shape index (κ3) is 3.60. The summed E-state index contributed by atoms with van der Waals surface area (Å²) in [6.45, 7) is 4.38. The molecule has 1 aliphatic rings. The molecule has 0 radical (unpaired) electrons. The van der Waals surface area contributed by atoms with Crippen molar-refractivity contribution in [3.8, 4) is 21.9 Å². The van der Waals surface area contributed by atoms with Crippen molar-refractivity contribution in [2.24, 2.45) is 0 Å². The van der Waals surface area contributed by atoms with Gasteiger partial charge < -0.3 is 9.84 Å². The number of aryl methyl sites for hydroxylation is 1. The van der Waals surface area contributed by atoms with Gasteiger partial charge in [0.1, 0.15) is 0 Å². The third-order valence-electron chi connectivity index (χ3n) is 4.09. The first-order valence-electron chi connectivity index (χ1n) is 8.30. The number of carbonyl (C=O) groups is 1. The number of phenols is 1. The van der Waals surface area contributed by atoms with Crippen molar-refractivity contribution in [2.75, 3.05) is 26.6 Å². The van der Waals surface area contributed by atoms with Crippen LogP contribution in [0.25, 0.3) is 16.5 Å².